The number of halogens is 1. The number of aliphatic imine (C=N–C) groups is 1. The summed E-state index contributed by atoms with van der Waals surface area (Å²) in [4.78, 5) is 7.46. The summed E-state index contributed by atoms with van der Waals surface area (Å²) in [5.41, 5.74) is 3.17. The summed E-state index contributed by atoms with van der Waals surface area (Å²) in [6, 6.07) is 10.0. The molecule has 0 saturated carbocycles. The van der Waals surface area contributed by atoms with Gasteiger partial charge in [-0.1, -0.05) is 6.07 Å². The van der Waals surface area contributed by atoms with E-state index in [0.717, 1.165) is 15.9 Å². The smallest absolute Gasteiger partial charge is 0.0772 e. The second-order valence-electron chi connectivity index (χ2n) is 3.34. The third-order valence-corrected chi connectivity index (χ3v) is 2.70. The average Bonchev–Trinajstić information content (AvgIpc) is 2.69. The number of H-pyrrole nitrogens is 1. The summed E-state index contributed by atoms with van der Waals surface area (Å²) >= 11 is 3.49. The lowest BCUT2D eigenvalue weighted by atomic mass is 10.2. The largest absolute Gasteiger partial charge is 0.360 e. The number of aromatic amines is 1. The van der Waals surface area contributed by atoms with E-state index in [-0.39, 0.29) is 0 Å². The Kier molecular flexibility index (Phi) is 3.02. The van der Waals surface area contributed by atoms with Crippen LogP contribution in [0.25, 0.3) is 0 Å². The van der Waals surface area contributed by atoms with E-state index in [4.69, 9.17) is 0 Å². The first-order valence-electron chi connectivity index (χ1n) is 4.69. The third-order valence-electron chi connectivity index (χ3n) is 2.07. The first-order valence-corrected chi connectivity index (χ1v) is 5.48. The summed E-state index contributed by atoms with van der Waals surface area (Å²) in [6.45, 7) is 2.06. The molecule has 1 aromatic heterocycles. The Hall–Kier alpha value is -1.35. The molecule has 15 heavy (non-hydrogen) atoms. The van der Waals surface area contributed by atoms with Crippen LogP contribution in [0.5, 0.6) is 0 Å². The van der Waals surface area contributed by atoms with Crippen LogP contribution in [0.4, 0.5) is 5.69 Å². The molecule has 1 heterocycles. The highest BCUT2D eigenvalue weighted by Crippen LogP contribution is 2.25. The monoisotopic (exact) mass is 262 g/mol. The van der Waals surface area contributed by atoms with Gasteiger partial charge in [0.1, 0.15) is 0 Å². The molecule has 0 amide bonds. The van der Waals surface area contributed by atoms with Gasteiger partial charge in [-0.05, 0) is 52.7 Å². The van der Waals surface area contributed by atoms with E-state index in [9.17, 15) is 0 Å². The lowest BCUT2D eigenvalue weighted by molar-refractivity contribution is 1.37. The number of hydrogen-bond acceptors (Lipinski definition) is 1. The fourth-order valence-electron chi connectivity index (χ4n) is 1.28. The van der Waals surface area contributed by atoms with E-state index in [1.54, 1.807) is 0 Å². The second kappa shape index (κ2) is 4.45. The Morgan fingerprint density at radius 2 is 2.20 bits per heavy atom. The van der Waals surface area contributed by atoms with E-state index in [2.05, 4.69) is 38.9 Å². The zero-order valence-electron chi connectivity index (χ0n) is 8.37. The lowest BCUT2D eigenvalue weighted by Crippen LogP contribution is -1.79. The fourth-order valence-corrected chi connectivity index (χ4v) is 1.88. The fraction of sp³-hybridized carbons (Fsp3) is 0.0833. The molecule has 0 fully saturated rings. The van der Waals surface area contributed by atoms with Crippen molar-refractivity contribution in [1.29, 1.82) is 0 Å². The summed E-state index contributed by atoms with van der Waals surface area (Å²) in [5, 5.41) is 0. The molecule has 2 aromatic rings. The summed E-state index contributed by atoms with van der Waals surface area (Å²) in [5.74, 6) is 0. The van der Waals surface area contributed by atoms with E-state index in [1.807, 2.05) is 36.7 Å². The van der Waals surface area contributed by atoms with Gasteiger partial charge in [0, 0.05) is 10.7 Å². The summed E-state index contributed by atoms with van der Waals surface area (Å²) < 4.78 is 1.02. The van der Waals surface area contributed by atoms with Crippen molar-refractivity contribution in [3.63, 3.8) is 0 Å². The summed E-state index contributed by atoms with van der Waals surface area (Å²) in [7, 11) is 0. The number of nitrogens with one attached hydrogen (secondary N) is 1. The molecule has 0 aliphatic rings. The maximum absolute atomic E-state index is 4.39. The van der Waals surface area contributed by atoms with Gasteiger partial charge in [-0.15, -0.1) is 0 Å². The molecule has 1 aromatic carbocycles. The van der Waals surface area contributed by atoms with Gasteiger partial charge in [0.25, 0.3) is 0 Å². The molecule has 0 saturated heterocycles. The molecule has 2 rings (SSSR count). The molecule has 2 nitrogen and oxygen atoms in total. The van der Waals surface area contributed by atoms with Crippen molar-refractivity contribution in [3.8, 4) is 0 Å². The van der Waals surface area contributed by atoms with Gasteiger partial charge in [0.05, 0.1) is 17.6 Å². The minimum absolute atomic E-state index is 0.940. The molecule has 0 spiro atoms. The molecule has 0 unspecified atom stereocenters. The second-order valence-corrected chi connectivity index (χ2v) is 4.19. The van der Waals surface area contributed by atoms with E-state index < -0.39 is 0 Å². The first kappa shape index (κ1) is 10.2. The highest BCUT2D eigenvalue weighted by Gasteiger charge is 1.96. The van der Waals surface area contributed by atoms with Gasteiger partial charge >= 0.3 is 0 Å². The number of aryl methyl sites for hydroxylation is 1. The zero-order valence-corrected chi connectivity index (χ0v) is 9.95. The van der Waals surface area contributed by atoms with Crippen LogP contribution in [0.15, 0.2) is 46.0 Å². The van der Waals surface area contributed by atoms with Gasteiger partial charge in [-0.3, -0.25) is 4.99 Å². The predicted molar refractivity (Wildman–Crippen MR) is 66.9 cm³/mol. The normalized spacial score (nSPS) is 11.1. The number of aromatic nitrogens is 1. The molecule has 0 bridgehead atoms. The maximum atomic E-state index is 4.39. The average molecular weight is 263 g/mol. The van der Waals surface area contributed by atoms with Crippen molar-refractivity contribution in [3.05, 3.63) is 52.3 Å². The Balaban J connectivity index is 2.24. The van der Waals surface area contributed by atoms with E-state index in [1.165, 1.54) is 5.56 Å². The summed E-state index contributed by atoms with van der Waals surface area (Å²) in [6.07, 6.45) is 3.70. The van der Waals surface area contributed by atoms with Crippen molar-refractivity contribution >= 4 is 27.8 Å². The van der Waals surface area contributed by atoms with Crippen LogP contribution < -0.4 is 0 Å². The van der Waals surface area contributed by atoms with Crippen molar-refractivity contribution in [1.82, 2.24) is 4.98 Å². The maximum Gasteiger partial charge on any atom is 0.0772 e. The molecule has 0 atom stereocenters. The topological polar surface area (TPSA) is 28.1 Å². The molecular weight excluding hydrogens is 252 g/mol. The van der Waals surface area contributed by atoms with Crippen molar-refractivity contribution in [2.24, 2.45) is 4.99 Å². The van der Waals surface area contributed by atoms with Crippen LogP contribution in [-0.2, 0) is 0 Å². The third kappa shape index (κ3) is 2.57. The standard InChI is InChI=1S/C12H11BrN2/c1-9-4-5-12(11(13)7-9)15-8-10-3-2-6-14-10/h2-8,14H,1H3. The Bertz CT molecular complexity index is 472. The zero-order chi connectivity index (χ0) is 10.7. The minimum atomic E-state index is 0.940. The van der Waals surface area contributed by atoms with E-state index in [0.29, 0.717) is 0 Å². The molecule has 0 radical (unpaired) electrons. The van der Waals surface area contributed by atoms with Gasteiger partial charge in [-0.25, -0.2) is 0 Å². The Morgan fingerprint density at radius 3 is 2.87 bits per heavy atom. The van der Waals surface area contributed by atoms with Gasteiger partial charge in [-0.2, -0.15) is 0 Å². The van der Waals surface area contributed by atoms with Crippen molar-refractivity contribution in [2.75, 3.05) is 0 Å². The van der Waals surface area contributed by atoms with Crippen molar-refractivity contribution < 1.29 is 0 Å². The number of rotatable bonds is 2. The first-order chi connectivity index (χ1) is 7.25. The number of benzene rings is 1. The Labute approximate surface area is 97.2 Å². The van der Waals surface area contributed by atoms with Gasteiger partial charge < -0.3 is 4.98 Å². The van der Waals surface area contributed by atoms with Crippen molar-refractivity contribution in [2.45, 2.75) is 6.92 Å². The SMILES string of the molecule is Cc1ccc(N=Cc2ccc[nH]2)c(Br)c1. The molecular formula is C12H11BrN2. The molecule has 0 aliphatic carbocycles. The number of nitrogens with zero attached hydrogens (tertiary/aromatic N) is 1. The number of hydrogen-bond donors (Lipinski definition) is 1. The van der Waals surface area contributed by atoms with E-state index >= 15 is 0 Å². The van der Waals surface area contributed by atoms with Crippen LogP contribution in [-0.4, -0.2) is 11.2 Å². The Morgan fingerprint density at radius 1 is 1.33 bits per heavy atom. The quantitative estimate of drug-likeness (QED) is 0.797. The molecule has 3 heteroatoms. The van der Waals surface area contributed by atoms with Crippen LogP contribution in [0.1, 0.15) is 11.3 Å². The van der Waals surface area contributed by atoms with Crippen LogP contribution in [0, 0.1) is 6.92 Å². The van der Waals surface area contributed by atoms with Crippen LogP contribution in [0.3, 0.4) is 0 Å². The highest BCUT2D eigenvalue weighted by molar-refractivity contribution is 9.10. The van der Waals surface area contributed by atoms with Gasteiger partial charge in [0.15, 0.2) is 0 Å². The van der Waals surface area contributed by atoms with Gasteiger partial charge in [0.2, 0.25) is 0 Å². The molecule has 76 valence electrons. The predicted octanol–water partition coefficient (Wildman–Crippen LogP) is 3.84. The van der Waals surface area contributed by atoms with Crippen LogP contribution in [0.2, 0.25) is 0 Å². The highest BCUT2D eigenvalue weighted by atomic mass is 79.9. The minimum Gasteiger partial charge on any atom is -0.360 e. The lowest BCUT2D eigenvalue weighted by Gasteiger charge is -1.98. The van der Waals surface area contributed by atoms with Crippen LogP contribution >= 0.6 is 15.9 Å². The molecule has 0 aliphatic heterocycles. The molecule has 1 N–H and O–H groups in total.